The van der Waals surface area contributed by atoms with Gasteiger partial charge in [0.15, 0.2) is 0 Å². The highest BCUT2D eigenvalue weighted by molar-refractivity contribution is 6.00. The van der Waals surface area contributed by atoms with Crippen LogP contribution in [0.5, 0.6) is 0 Å². The largest absolute Gasteiger partial charge is 0.345 e. The second-order valence-electron chi connectivity index (χ2n) is 9.51. The average Bonchev–Trinajstić information content (AvgIpc) is 3.02. The average molecular weight is 639 g/mol. The first-order valence-corrected chi connectivity index (χ1v) is 13.8. The number of benzene rings is 4. The van der Waals surface area contributed by atoms with Crippen LogP contribution in [0.3, 0.4) is 0 Å². The number of urea groups is 2. The Hall–Kier alpha value is -6.90. The second kappa shape index (κ2) is 17.4. The molecule has 0 unspecified atom stereocenters. The third-order valence-electron chi connectivity index (χ3n) is 5.74. The Kier molecular flexibility index (Phi) is 12.8. The molecule has 5 rings (SSSR count). The van der Waals surface area contributed by atoms with Crippen LogP contribution < -0.4 is 27.0 Å². The number of hydrogen-bond donors (Lipinski definition) is 5. The standard InChI is InChI=1S/C13H10N4O5.C13H12N2O.C6H8N2O/c18-13(14-9-1-5-11(6-2-9)16(19)20)15-10-3-7-12(8-4-10)17(21)22;16-13(14-11-7-3-1-4-8-11)15-12-9-5-2-6-10-12;1-4-3-5(2)8-6(9)7-4/h1-8H,(H2,14,15,18);1-10H,(H2,14,15,16);3H,1-2H3,(H,7,8,9). The summed E-state index contributed by atoms with van der Waals surface area (Å²) < 4.78 is 0. The fourth-order valence-corrected chi connectivity index (χ4v) is 3.70. The molecule has 47 heavy (non-hydrogen) atoms. The van der Waals surface area contributed by atoms with E-state index in [1.54, 1.807) is 6.92 Å². The number of nitrogens with zero attached hydrogens (tertiary/aromatic N) is 3. The van der Waals surface area contributed by atoms with Crippen molar-refractivity contribution in [1.29, 1.82) is 0 Å². The van der Waals surface area contributed by atoms with Crippen molar-refractivity contribution in [2.24, 2.45) is 0 Å². The van der Waals surface area contributed by atoms with E-state index in [9.17, 15) is 34.6 Å². The third kappa shape index (κ3) is 12.7. The van der Waals surface area contributed by atoms with E-state index in [0.29, 0.717) is 11.4 Å². The summed E-state index contributed by atoms with van der Waals surface area (Å²) >= 11 is 0. The van der Waals surface area contributed by atoms with Crippen molar-refractivity contribution in [3.63, 3.8) is 0 Å². The first-order valence-electron chi connectivity index (χ1n) is 13.8. The number of amides is 4. The summed E-state index contributed by atoms with van der Waals surface area (Å²) in [6.45, 7) is 3.62. The number of non-ortho nitro benzene ring substituents is 2. The lowest BCUT2D eigenvalue weighted by Crippen LogP contribution is -2.19. The fraction of sp³-hybridized carbons (Fsp3) is 0.0625. The summed E-state index contributed by atoms with van der Waals surface area (Å²) in [4.78, 5) is 59.9. The van der Waals surface area contributed by atoms with Gasteiger partial charge in [-0.05, 0) is 68.4 Å². The molecular weight excluding hydrogens is 608 g/mol. The topological polar surface area (TPSA) is 214 Å². The molecule has 15 heteroatoms. The summed E-state index contributed by atoms with van der Waals surface area (Å²) in [5, 5.41) is 31.5. The Balaban J connectivity index is 0.000000209. The summed E-state index contributed by atoms with van der Waals surface area (Å²) in [6.07, 6.45) is 0. The van der Waals surface area contributed by atoms with Crippen molar-refractivity contribution in [2.45, 2.75) is 13.8 Å². The van der Waals surface area contributed by atoms with Gasteiger partial charge in [-0.1, -0.05) is 36.4 Å². The SMILES string of the molecule is Cc1cc(C)[nH]c(=O)n1.O=C(Nc1ccc([N+](=O)[O-])cc1)Nc1ccc([N+](=O)[O-])cc1.O=C(Nc1ccccc1)Nc1ccccc1. The molecule has 0 atom stereocenters. The van der Waals surface area contributed by atoms with E-state index in [0.717, 1.165) is 22.8 Å². The molecule has 0 aliphatic carbocycles. The summed E-state index contributed by atoms with van der Waals surface area (Å²) in [7, 11) is 0. The normalized spacial score (nSPS) is 9.66. The predicted molar refractivity (Wildman–Crippen MR) is 179 cm³/mol. The lowest BCUT2D eigenvalue weighted by molar-refractivity contribution is -0.385. The number of aryl methyl sites for hydroxylation is 2. The second-order valence-corrected chi connectivity index (χ2v) is 9.51. The van der Waals surface area contributed by atoms with Crippen LogP contribution in [0, 0.1) is 34.1 Å². The molecule has 0 saturated heterocycles. The van der Waals surface area contributed by atoms with Crippen molar-refractivity contribution in [1.82, 2.24) is 9.97 Å². The Morgan fingerprint density at radius 2 is 0.936 bits per heavy atom. The molecule has 0 bridgehead atoms. The number of nitrogens with one attached hydrogen (secondary N) is 5. The molecule has 1 aromatic heterocycles. The molecule has 0 aliphatic heterocycles. The Bertz CT molecular complexity index is 1720. The number of aromatic amines is 1. The minimum absolute atomic E-state index is 0.0821. The highest BCUT2D eigenvalue weighted by atomic mass is 16.6. The molecule has 5 aromatic rings. The van der Waals surface area contributed by atoms with E-state index >= 15 is 0 Å². The van der Waals surface area contributed by atoms with Crippen LogP contribution in [0.25, 0.3) is 0 Å². The first-order chi connectivity index (χ1) is 22.5. The van der Waals surface area contributed by atoms with E-state index < -0.39 is 15.9 Å². The van der Waals surface area contributed by atoms with Crippen LogP contribution >= 0.6 is 0 Å². The summed E-state index contributed by atoms with van der Waals surface area (Å²) in [5.41, 5.74) is 3.49. The van der Waals surface area contributed by atoms with E-state index in [-0.39, 0.29) is 23.1 Å². The minimum atomic E-state index is -0.567. The zero-order valence-electron chi connectivity index (χ0n) is 25.2. The van der Waals surface area contributed by atoms with Gasteiger partial charge in [0.1, 0.15) is 0 Å². The van der Waals surface area contributed by atoms with Crippen molar-refractivity contribution < 1.29 is 19.4 Å². The predicted octanol–water partition coefficient (Wildman–Crippen LogP) is 6.86. The van der Waals surface area contributed by atoms with E-state index in [1.165, 1.54) is 48.5 Å². The monoisotopic (exact) mass is 638 g/mol. The van der Waals surface area contributed by atoms with Gasteiger partial charge in [0.05, 0.1) is 9.85 Å². The van der Waals surface area contributed by atoms with Gasteiger partial charge >= 0.3 is 17.8 Å². The molecular formula is C32H30N8O7. The van der Waals surface area contributed by atoms with Crippen molar-refractivity contribution in [3.05, 3.63) is 157 Å². The zero-order valence-corrected chi connectivity index (χ0v) is 25.2. The van der Waals surface area contributed by atoms with Crippen LogP contribution in [0.1, 0.15) is 11.4 Å². The number of nitro benzene ring substituents is 2. The molecule has 0 saturated carbocycles. The van der Waals surface area contributed by atoms with Crippen molar-refractivity contribution in [3.8, 4) is 0 Å². The van der Waals surface area contributed by atoms with E-state index in [4.69, 9.17) is 0 Å². The van der Waals surface area contributed by atoms with Gasteiger partial charge < -0.3 is 26.3 Å². The number of carbonyl (C=O) groups excluding carboxylic acids is 2. The highest BCUT2D eigenvalue weighted by Crippen LogP contribution is 2.18. The smallest absolute Gasteiger partial charge is 0.310 e. The number of H-pyrrole nitrogens is 1. The summed E-state index contributed by atoms with van der Waals surface area (Å²) in [6, 6.07) is 30.3. The molecule has 5 N–H and O–H groups in total. The van der Waals surface area contributed by atoms with Gasteiger partial charge in [0, 0.05) is 58.4 Å². The number of para-hydroxylation sites is 2. The van der Waals surface area contributed by atoms with Gasteiger partial charge in [0.2, 0.25) is 0 Å². The number of hydrogen-bond acceptors (Lipinski definition) is 8. The minimum Gasteiger partial charge on any atom is -0.310 e. The molecule has 0 radical (unpaired) electrons. The van der Waals surface area contributed by atoms with Gasteiger partial charge in [0.25, 0.3) is 11.4 Å². The van der Waals surface area contributed by atoms with Gasteiger partial charge in [-0.2, -0.15) is 4.98 Å². The van der Waals surface area contributed by atoms with Crippen LogP contribution in [0.2, 0.25) is 0 Å². The first kappa shape index (κ1) is 34.6. The number of anilines is 4. The number of nitro groups is 2. The van der Waals surface area contributed by atoms with Crippen LogP contribution in [0.4, 0.5) is 43.7 Å². The Morgan fingerprint density at radius 3 is 1.23 bits per heavy atom. The Morgan fingerprint density at radius 1 is 0.596 bits per heavy atom. The fourth-order valence-electron chi connectivity index (χ4n) is 3.70. The van der Waals surface area contributed by atoms with Crippen LogP contribution in [-0.2, 0) is 0 Å². The maximum atomic E-state index is 11.7. The van der Waals surface area contributed by atoms with Gasteiger partial charge in [-0.15, -0.1) is 0 Å². The highest BCUT2D eigenvalue weighted by Gasteiger charge is 2.08. The van der Waals surface area contributed by atoms with E-state index in [2.05, 4.69) is 31.2 Å². The maximum absolute atomic E-state index is 11.7. The Labute approximate surface area is 268 Å². The zero-order chi connectivity index (χ0) is 34.2. The molecule has 240 valence electrons. The van der Waals surface area contributed by atoms with Crippen LogP contribution in [-0.4, -0.2) is 31.9 Å². The number of carbonyl (C=O) groups is 2. The van der Waals surface area contributed by atoms with Crippen molar-refractivity contribution >= 4 is 46.2 Å². The van der Waals surface area contributed by atoms with Crippen molar-refractivity contribution in [2.75, 3.05) is 21.3 Å². The van der Waals surface area contributed by atoms with Gasteiger partial charge in [-0.3, -0.25) is 20.2 Å². The quantitative estimate of drug-likeness (QED) is 0.0975. The summed E-state index contributed by atoms with van der Waals surface area (Å²) in [5.74, 6) is 0. The molecule has 1 heterocycles. The number of aromatic nitrogens is 2. The molecule has 0 fully saturated rings. The van der Waals surface area contributed by atoms with E-state index in [1.807, 2.05) is 73.7 Å². The molecule has 0 aliphatic rings. The number of rotatable bonds is 6. The molecule has 15 nitrogen and oxygen atoms in total. The van der Waals surface area contributed by atoms with Crippen LogP contribution in [0.15, 0.2) is 120 Å². The molecule has 4 amide bonds. The lowest BCUT2D eigenvalue weighted by Gasteiger charge is -2.07. The van der Waals surface area contributed by atoms with Gasteiger partial charge in [-0.25, -0.2) is 14.4 Å². The maximum Gasteiger partial charge on any atom is 0.345 e. The third-order valence-corrected chi connectivity index (χ3v) is 5.74. The lowest BCUT2D eigenvalue weighted by atomic mass is 10.3. The molecule has 0 spiro atoms. The molecule has 4 aromatic carbocycles.